The number of aromatic nitrogens is 1. The van der Waals surface area contributed by atoms with Crippen molar-refractivity contribution in [2.45, 2.75) is 26.7 Å². The Morgan fingerprint density at radius 2 is 1.95 bits per heavy atom. The van der Waals surface area contributed by atoms with Crippen LogP contribution < -0.4 is 5.73 Å². The number of hydrogen-bond donors (Lipinski definition) is 1. The van der Waals surface area contributed by atoms with Gasteiger partial charge < -0.3 is 5.73 Å². The molecule has 3 nitrogen and oxygen atoms in total. The van der Waals surface area contributed by atoms with E-state index in [-0.39, 0.29) is 0 Å². The van der Waals surface area contributed by atoms with Crippen LogP contribution in [0.25, 0.3) is 11.3 Å². The molecule has 1 heterocycles. The fraction of sp³-hybridized carbons (Fsp3) is 0.250. The Hall–Kier alpha value is -2.16. The second kappa shape index (κ2) is 5.22. The Labute approximate surface area is 113 Å². The van der Waals surface area contributed by atoms with E-state index in [0.717, 1.165) is 22.4 Å². The van der Waals surface area contributed by atoms with Gasteiger partial charge in [-0.25, -0.2) is 0 Å². The summed E-state index contributed by atoms with van der Waals surface area (Å²) in [5.74, 6) is -0.0700. The molecule has 0 bridgehead atoms. The maximum absolute atomic E-state index is 11.4. The summed E-state index contributed by atoms with van der Waals surface area (Å²) in [5.41, 5.74) is 9.91. The van der Waals surface area contributed by atoms with Gasteiger partial charge in [0.1, 0.15) is 0 Å². The van der Waals surface area contributed by atoms with Gasteiger partial charge in [0.05, 0.1) is 5.69 Å². The highest BCUT2D eigenvalue weighted by Gasteiger charge is 2.09. The van der Waals surface area contributed by atoms with Crippen molar-refractivity contribution in [3.63, 3.8) is 0 Å². The van der Waals surface area contributed by atoms with Crippen molar-refractivity contribution in [3.8, 4) is 11.3 Å². The normalized spacial score (nSPS) is 10.7. The van der Waals surface area contributed by atoms with Crippen LogP contribution in [-0.4, -0.2) is 10.9 Å². The molecular formula is C16H18N2O. The zero-order chi connectivity index (χ0) is 14.0. The minimum absolute atomic E-state index is 0.337. The molecule has 0 fully saturated rings. The predicted molar refractivity (Wildman–Crippen MR) is 77.0 cm³/mol. The number of benzene rings is 1. The van der Waals surface area contributed by atoms with E-state index in [9.17, 15) is 4.79 Å². The Morgan fingerprint density at radius 1 is 1.21 bits per heavy atom. The molecule has 0 aliphatic rings. The molecule has 1 amide bonds. The SMILES string of the molecule is Cc1ccc(-c2cc(C(N)=O)cc(C(C)C)c2)nc1. The average Bonchev–Trinajstić information content (AvgIpc) is 2.39. The van der Waals surface area contributed by atoms with Gasteiger partial charge in [-0.3, -0.25) is 9.78 Å². The van der Waals surface area contributed by atoms with Gasteiger partial charge in [-0.1, -0.05) is 19.9 Å². The lowest BCUT2D eigenvalue weighted by atomic mass is 9.96. The summed E-state index contributed by atoms with van der Waals surface area (Å²) in [6.45, 7) is 6.18. The smallest absolute Gasteiger partial charge is 0.248 e. The molecule has 2 aromatic rings. The summed E-state index contributed by atoms with van der Waals surface area (Å²) in [6.07, 6.45) is 1.82. The van der Waals surface area contributed by atoms with Gasteiger partial charge in [-0.05, 0) is 48.2 Å². The van der Waals surface area contributed by atoms with E-state index in [1.807, 2.05) is 31.3 Å². The molecule has 2 N–H and O–H groups in total. The molecule has 0 saturated heterocycles. The Kier molecular flexibility index (Phi) is 3.65. The molecule has 0 unspecified atom stereocenters. The second-order valence-corrected chi connectivity index (χ2v) is 5.08. The monoisotopic (exact) mass is 254 g/mol. The third-order valence-electron chi connectivity index (χ3n) is 3.11. The molecule has 0 saturated carbocycles. The molecule has 0 atom stereocenters. The molecule has 0 aliphatic carbocycles. The van der Waals surface area contributed by atoms with Crippen molar-refractivity contribution in [1.82, 2.24) is 4.98 Å². The molecule has 2 rings (SSSR count). The third-order valence-corrected chi connectivity index (χ3v) is 3.11. The number of rotatable bonds is 3. The number of primary amides is 1. The number of aryl methyl sites for hydroxylation is 1. The van der Waals surface area contributed by atoms with Crippen LogP contribution in [0.4, 0.5) is 0 Å². The van der Waals surface area contributed by atoms with Crippen LogP contribution in [-0.2, 0) is 0 Å². The van der Waals surface area contributed by atoms with Crippen LogP contribution in [0.15, 0.2) is 36.5 Å². The lowest BCUT2D eigenvalue weighted by Gasteiger charge is -2.10. The van der Waals surface area contributed by atoms with Crippen molar-refractivity contribution in [1.29, 1.82) is 0 Å². The van der Waals surface area contributed by atoms with Crippen molar-refractivity contribution in [2.24, 2.45) is 5.73 Å². The van der Waals surface area contributed by atoms with Crippen molar-refractivity contribution >= 4 is 5.91 Å². The lowest BCUT2D eigenvalue weighted by molar-refractivity contribution is 0.1000. The molecule has 1 aromatic carbocycles. The van der Waals surface area contributed by atoms with E-state index < -0.39 is 5.91 Å². The van der Waals surface area contributed by atoms with E-state index in [0.29, 0.717) is 11.5 Å². The van der Waals surface area contributed by atoms with Gasteiger partial charge in [0.15, 0.2) is 0 Å². The summed E-state index contributed by atoms with van der Waals surface area (Å²) >= 11 is 0. The number of pyridine rings is 1. The second-order valence-electron chi connectivity index (χ2n) is 5.08. The summed E-state index contributed by atoms with van der Waals surface area (Å²) in [6, 6.07) is 9.68. The van der Waals surface area contributed by atoms with Gasteiger partial charge in [0.2, 0.25) is 5.91 Å². The third kappa shape index (κ3) is 2.99. The Morgan fingerprint density at radius 3 is 2.47 bits per heavy atom. The van der Waals surface area contributed by atoms with Crippen molar-refractivity contribution < 1.29 is 4.79 Å². The van der Waals surface area contributed by atoms with Gasteiger partial charge in [0.25, 0.3) is 0 Å². The fourth-order valence-electron chi connectivity index (χ4n) is 1.91. The summed E-state index contributed by atoms with van der Waals surface area (Å²) in [4.78, 5) is 15.8. The highest BCUT2D eigenvalue weighted by Crippen LogP contribution is 2.25. The number of nitrogens with zero attached hydrogens (tertiary/aromatic N) is 1. The minimum Gasteiger partial charge on any atom is -0.366 e. The number of nitrogens with two attached hydrogens (primary N) is 1. The van der Waals surface area contributed by atoms with Gasteiger partial charge >= 0.3 is 0 Å². The zero-order valence-electron chi connectivity index (χ0n) is 11.5. The first-order valence-electron chi connectivity index (χ1n) is 6.35. The van der Waals surface area contributed by atoms with Crippen molar-refractivity contribution in [2.75, 3.05) is 0 Å². The zero-order valence-corrected chi connectivity index (χ0v) is 11.5. The fourth-order valence-corrected chi connectivity index (χ4v) is 1.91. The van der Waals surface area contributed by atoms with E-state index in [1.54, 1.807) is 6.07 Å². The van der Waals surface area contributed by atoms with Crippen LogP contribution in [0.2, 0.25) is 0 Å². The van der Waals surface area contributed by atoms with E-state index in [2.05, 4.69) is 24.9 Å². The van der Waals surface area contributed by atoms with Gasteiger partial charge in [-0.15, -0.1) is 0 Å². The van der Waals surface area contributed by atoms with E-state index in [1.165, 1.54) is 0 Å². The Balaban J connectivity index is 2.55. The minimum atomic E-state index is -0.407. The predicted octanol–water partition coefficient (Wildman–Crippen LogP) is 3.28. The molecule has 0 spiro atoms. The molecule has 0 aliphatic heterocycles. The van der Waals surface area contributed by atoms with Crippen LogP contribution in [0, 0.1) is 6.92 Å². The van der Waals surface area contributed by atoms with Crippen LogP contribution >= 0.6 is 0 Å². The molecule has 0 radical (unpaired) electrons. The van der Waals surface area contributed by atoms with Crippen LogP contribution in [0.3, 0.4) is 0 Å². The average molecular weight is 254 g/mol. The van der Waals surface area contributed by atoms with Gasteiger partial charge in [-0.2, -0.15) is 0 Å². The topological polar surface area (TPSA) is 56.0 Å². The number of amides is 1. The maximum atomic E-state index is 11.4. The quantitative estimate of drug-likeness (QED) is 0.913. The summed E-state index contributed by atoms with van der Waals surface area (Å²) < 4.78 is 0. The molecule has 1 aromatic heterocycles. The molecule has 3 heteroatoms. The summed E-state index contributed by atoms with van der Waals surface area (Å²) in [5, 5.41) is 0. The standard InChI is InChI=1S/C16H18N2O/c1-10(2)12-6-13(8-14(7-12)16(17)19)15-5-4-11(3)9-18-15/h4-10H,1-3H3,(H2,17,19). The largest absolute Gasteiger partial charge is 0.366 e. The van der Waals surface area contributed by atoms with E-state index in [4.69, 9.17) is 5.73 Å². The molecule has 98 valence electrons. The van der Waals surface area contributed by atoms with Crippen LogP contribution in [0.5, 0.6) is 0 Å². The maximum Gasteiger partial charge on any atom is 0.248 e. The first kappa shape index (κ1) is 13.3. The number of carbonyl (C=O) groups is 1. The molecule has 19 heavy (non-hydrogen) atoms. The van der Waals surface area contributed by atoms with Crippen LogP contribution in [0.1, 0.15) is 41.3 Å². The van der Waals surface area contributed by atoms with E-state index >= 15 is 0 Å². The van der Waals surface area contributed by atoms with Gasteiger partial charge in [0, 0.05) is 17.3 Å². The molecular weight excluding hydrogens is 236 g/mol. The highest BCUT2D eigenvalue weighted by atomic mass is 16.1. The highest BCUT2D eigenvalue weighted by molar-refractivity contribution is 5.94. The summed E-state index contributed by atoms with van der Waals surface area (Å²) in [7, 11) is 0. The first-order valence-corrected chi connectivity index (χ1v) is 6.35. The Bertz CT molecular complexity index is 601. The number of carbonyl (C=O) groups excluding carboxylic acids is 1. The number of hydrogen-bond acceptors (Lipinski definition) is 2. The lowest BCUT2D eigenvalue weighted by Crippen LogP contribution is -2.11. The first-order chi connectivity index (χ1) is 8.97. The van der Waals surface area contributed by atoms with Crippen molar-refractivity contribution in [3.05, 3.63) is 53.2 Å².